The molecule has 9 aromatic rings. The molecule has 0 unspecified atom stereocenters. The molecular weight excluding hydrogens is 739 g/mol. The van der Waals surface area contributed by atoms with E-state index in [1.165, 1.54) is 41.5 Å². The zero-order valence-corrected chi connectivity index (χ0v) is 33.6. The quantitative estimate of drug-likeness (QED) is 0.189. The standard InChI is InChI=1S/C51H37N5Si2/c1-5-21-38(22-6-1)57(39-23-7-2-8-24-39)46-33-17-13-29-42(46)55(43-30-14-18-34-47(43)57)50-52-37-53-51(54-50)56-44-31-15-19-35-48(44)58(40-25-9-3-10-26-40,41-27-11-4-12-28-41)49-36-20-16-32-45(49)56/h1-37H. The highest BCUT2D eigenvalue weighted by Crippen LogP contribution is 2.40. The Bertz CT molecular complexity index is 2550. The van der Waals surface area contributed by atoms with Crippen molar-refractivity contribution < 1.29 is 0 Å². The number of hydrogen-bond donors (Lipinski definition) is 0. The van der Waals surface area contributed by atoms with Crippen LogP contribution < -0.4 is 51.3 Å². The van der Waals surface area contributed by atoms with E-state index in [0.717, 1.165) is 22.7 Å². The normalized spacial score (nSPS) is 14.4. The highest BCUT2D eigenvalue weighted by atomic mass is 28.3. The molecule has 3 heterocycles. The Morgan fingerprint density at radius 3 is 0.793 bits per heavy atom. The molecule has 0 bridgehead atoms. The van der Waals surface area contributed by atoms with Crippen molar-refractivity contribution in [3.63, 3.8) is 0 Å². The Labute approximate surface area is 340 Å². The number of benzene rings is 8. The molecule has 0 amide bonds. The van der Waals surface area contributed by atoms with Gasteiger partial charge in [-0.2, -0.15) is 4.98 Å². The molecular formula is C51H37N5Si2. The SMILES string of the molecule is c1ccc([Si]2(c3ccccc3)c3ccccc3N(c3ncnc(N4c5ccccc5[Si](c5ccccc5)(c5ccccc5)c5ccccc54)n3)c3ccccc32)cc1. The second-order valence-corrected chi connectivity index (χ2v) is 22.3. The van der Waals surface area contributed by atoms with Crippen molar-refractivity contribution in [1.29, 1.82) is 0 Å². The van der Waals surface area contributed by atoms with E-state index in [-0.39, 0.29) is 0 Å². The van der Waals surface area contributed by atoms with Crippen LogP contribution in [-0.2, 0) is 0 Å². The number of nitrogens with zero attached hydrogens (tertiary/aromatic N) is 5. The number of rotatable bonds is 6. The molecule has 2 aliphatic rings. The van der Waals surface area contributed by atoms with Crippen LogP contribution in [0.4, 0.5) is 34.6 Å². The van der Waals surface area contributed by atoms with Crippen LogP contribution in [0.2, 0.25) is 0 Å². The van der Waals surface area contributed by atoms with E-state index in [4.69, 9.17) is 15.0 Å². The summed E-state index contributed by atoms with van der Waals surface area (Å²) in [7, 11) is -5.58. The maximum atomic E-state index is 5.46. The Morgan fingerprint density at radius 1 is 0.276 bits per heavy atom. The van der Waals surface area contributed by atoms with Crippen LogP contribution in [0.3, 0.4) is 0 Å². The Hall–Kier alpha value is -7.20. The molecule has 0 atom stereocenters. The van der Waals surface area contributed by atoms with Crippen molar-refractivity contribution in [2.24, 2.45) is 0 Å². The van der Waals surface area contributed by atoms with Gasteiger partial charge in [0, 0.05) is 22.7 Å². The number of fused-ring (bicyclic) bond motifs is 4. The Balaban J connectivity index is 1.14. The summed E-state index contributed by atoms with van der Waals surface area (Å²) in [6, 6.07) is 79.7. The summed E-state index contributed by atoms with van der Waals surface area (Å²) in [5, 5.41) is 10.5. The Kier molecular flexibility index (Phi) is 8.09. The van der Waals surface area contributed by atoms with Gasteiger partial charge >= 0.3 is 0 Å². The van der Waals surface area contributed by atoms with E-state index < -0.39 is 16.1 Å². The second kappa shape index (κ2) is 13.8. The maximum Gasteiger partial charge on any atom is 0.239 e. The zero-order chi connectivity index (χ0) is 38.5. The summed E-state index contributed by atoms with van der Waals surface area (Å²) >= 11 is 0. The molecule has 58 heavy (non-hydrogen) atoms. The highest BCUT2D eigenvalue weighted by molar-refractivity contribution is 7.22. The zero-order valence-electron chi connectivity index (χ0n) is 31.6. The minimum Gasteiger partial charge on any atom is -0.279 e. The van der Waals surface area contributed by atoms with Gasteiger partial charge in [0.15, 0.2) is 16.1 Å². The van der Waals surface area contributed by atoms with E-state index >= 15 is 0 Å². The first-order valence-electron chi connectivity index (χ1n) is 19.7. The predicted molar refractivity (Wildman–Crippen MR) is 244 cm³/mol. The van der Waals surface area contributed by atoms with Gasteiger partial charge in [0.2, 0.25) is 11.9 Å². The highest BCUT2D eigenvalue weighted by Gasteiger charge is 2.51. The summed E-state index contributed by atoms with van der Waals surface area (Å²) in [4.78, 5) is 19.9. The fraction of sp³-hybridized carbons (Fsp3) is 0. The van der Waals surface area contributed by atoms with Crippen LogP contribution in [-0.4, -0.2) is 31.1 Å². The van der Waals surface area contributed by atoms with Crippen molar-refractivity contribution >= 4 is 92.3 Å². The third-order valence-electron chi connectivity index (χ3n) is 12.0. The van der Waals surface area contributed by atoms with Gasteiger partial charge < -0.3 is 0 Å². The van der Waals surface area contributed by atoms with Gasteiger partial charge in [-0.15, -0.1) is 0 Å². The molecule has 7 heteroatoms. The first-order chi connectivity index (χ1) is 28.8. The average Bonchev–Trinajstić information content (AvgIpc) is 3.31. The molecule has 0 N–H and O–H groups in total. The third kappa shape index (κ3) is 4.90. The van der Waals surface area contributed by atoms with Crippen molar-refractivity contribution in [2.75, 3.05) is 9.80 Å². The van der Waals surface area contributed by atoms with Crippen molar-refractivity contribution in [3.05, 3.63) is 225 Å². The summed E-state index contributed by atoms with van der Waals surface area (Å²) in [6.45, 7) is 0. The number of para-hydroxylation sites is 4. The van der Waals surface area contributed by atoms with Crippen molar-refractivity contribution in [2.45, 2.75) is 0 Å². The Morgan fingerprint density at radius 2 is 0.517 bits per heavy atom. The minimum absolute atomic E-state index is 0.573. The molecule has 0 aliphatic carbocycles. The summed E-state index contributed by atoms with van der Waals surface area (Å²) in [5.41, 5.74) is 4.32. The maximum absolute atomic E-state index is 5.46. The monoisotopic (exact) mass is 775 g/mol. The smallest absolute Gasteiger partial charge is 0.239 e. The van der Waals surface area contributed by atoms with Gasteiger partial charge in [-0.25, -0.2) is 9.97 Å². The average molecular weight is 776 g/mol. The summed E-state index contributed by atoms with van der Waals surface area (Å²) in [6.07, 6.45) is 1.68. The fourth-order valence-corrected chi connectivity index (χ4v) is 20.0. The van der Waals surface area contributed by atoms with Crippen LogP contribution in [0.25, 0.3) is 0 Å². The van der Waals surface area contributed by atoms with Gasteiger partial charge in [-0.3, -0.25) is 9.80 Å². The molecule has 0 radical (unpaired) electrons. The van der Waals surface area contributed by atoms with Crippen LogP contribution in [0.15, 0.2) is 225 Å². The van der Waals surface area contributed by atoms with E-state index in [0.29, 0.717) is 11.9 Å². The van der Waals surface area contributed by atoms with E-state index in [9.17, 15) is 0 Å². The van der Waals surface area contributed by atoms with E-state index in [1.54, 1.807) is 6.33 Å². The first-order valence-corrected chi connectivity index (χ1v) is 23.7. The van der Waals surface area contributed by atoms with E-state index in [1.807, 2.05) is 0 Å². The van der Waals surface area contributed by atoms with Crippen LogP contribution in [0.1, 0.15) is 0 Å². The molecule has 11 rings (SSSR count). The van der Waals surface area contributed by atoms with Gasteiger partial charge in [0.1, 0.15) is 6.33 Å². The molecule has 0 saturated carbocycles. The molecule has 1 aromatic heterocycles. The summed E-state index contributed by atoms with van der Waals surface area (Å²) in [5.74, 6) is 1.15. The number of aromatic nitrogens is 3. The van der Waals surface area contributed by atoms with Crippen molar-refractivity contribution in [3.8, 4) is 0 Å². The molecule has 8 aromatic carbocycles. The van der Waals surface area contributed by atoms with Crippen LogP contribution in [0, 0.1) is 0 Å². The largest absolute Gasteiger partial charge is 0.279 e. The minimum atomic E-state index is -2.79. The molecule has 274 valence electrons. The lowest BCUT2D eigenvalue weighted by Gasteiger charge is -2.45. The molecule has 5 nitrogen and oxygen atoms in total. The lowest BCUT2D eigenvalue weighted by atomic mass is 10.2. The molecule has 2 aliphatic heterocycles. The lowest BCUT2D eigenvalue weighted by Crippen LogP contribution is -2.77. The first kappa shape index (κ1) is 34.1. The van der Waals surface area contributed by atoms with Gasteiger partial charge in [-0.1, -0.05) is 194 Å². The lowest BCUT2D eigenvalue weighted by molar-refractivity contribution is 0.983. The molecule has 0 spiro atoms. The van der Waals surface area contributed by atoms with Crippen LogP contribution in [0.5, 0.6) is 0 Å². The molecule has 0 saturated heterocycles. The van der Waals surface area contributed by atoms with Gasteiger partial charge in [0.25, 0.3) is 0 Å². The molecule has 0 fully saturated rings. The predicted octanol–water partition coefficient (Wildman–Crippen LogP) is 6.19. The van der Waals surface area contributed by atoms with Crippen molar-refractivity contribution in [1.82, 2.24) is 15.0 Å². The number of hydrogen-bond acceptors (Lipinski definition) is 5. The van der Waals surface area contributed by atoms with Gasteiger partial charge in [0.05, 0.1) is 0 Å². The van der Waals surface area contributed by atoms with Crippen LogP contribution >= 0.6 is 0 Å². The topological polar surface area (TPSA) is 45.2 Å². The van der Waals surface area contributed by atoms with Gasteiger partial charge in [-0.05, 0) is 65.8 Å². The van der Waals surface area contributed by atoms with E-state index in [2.05, 4.69) is 228 Å². The third-order valence-corrected chi connectivity index (χ3v) is 21.7. The fourth-order valence-electron chi connectivity index (χ4n) is 9.75. The summed E-state index contributed by atoms with van der Waals surface area (Å²) < 4.78 is 0. The number of anilines is 6. The second-order valence-electron chi connectivity index (χ2n) is 14.8.